The third-order valence-corrected chi connectivity index (χ3v) is 2.38. The lowest BCUT2D eigenvalue weighted by atomic mass is 9.92. The number of rotatable bonds is 2. The number of carboxylic acid groups (broad SMARTS) is 2. The van der Waals surface area contributed by atoms with E-state index in [4.69, 9.17) is 14.9 Å². The molecule has 1 heterocycles. The highest BCUT2D eigenvalue weighted by Gasteiger charge is 2.46. The van der Waals surface area contributed by atoms with Gasteiger partial charge in [-0.25, -0.2) is 9.59 Å². The molecule has 0 aromatic carbocycles. The molecule has 2 atom stereocenters. The molecule has 5 heteroatoms. The third kappa shape index (κ3) is 1.31. The van der Waals surface area contributed by atoms with Crippen molar-refractivity contribution in [2.45, 2.75) is 25.0 Å². The summed E-state index contributed by atoms with van der Waals surface area (Å²) in [7, 11) is 0. The molecule has 0 saturated carbocycles. The van der Waals surface area contributed by atoms with Crippen molar-refractivity contribution >= 4 is 11.9 Å². The topological polar surface area (TPSA) is 87.1 Å². The van der Waals surface area contributed by atoms with E-state index < -0.39 is 11.9 Å². The van der Waals surface area contributed by atoms with Crippen molar-refractivity contribution in [3.8, 4) is 0 Å². The molecule has 2 aliphatic rings. The number of carboxylic acids is 2. The molecule has 0 spiro atoms. The number of aliphatic carboxylic acids is 2. The Kier molecular flexibility index (Phi) is 1.63. The van der Waals surface area contributed by atoms with E-state index in [9.17, 15) is 9.59 Å². The van der Waals surface area contributed by atoms with Crippen molar-refractivity contribution < 1.29 is 24.5 Å². The summed E-state index contributed by atoms with van der Waals surface area (Å²) in [6, 6.07) is 0. The van der Waals surface area contributed by atoms with E-state index in [2.05, 4.69) is 0 Å². The van der Waals surface area contributed by atoms with Crippen molar-refractivity contribution in [1.82, 2.24) is 0 Å². The van der Waals surface area contributed by atoms with E-state index in [0.717, 1.165) is 0 Å². The lowest BCUT2D eigenvalue weighted by molar-refractivity contribution is -0.136. The van der Waals surface area contributed by atoms with Gasteiger partial charge in [-0.1, -0.05) is 0 Å². The minimum absolute atomic E-state index is 0.00810. The van der Waals surface area contributed by atoms with Crippen LogP contribution < -0.4 is 0 Å². The average molecular weight is 184 g/mol. The zero-order valence-electron chi connectivity index (χ0n) is 6.69. The van der Waals surface area contributed by atoms with Crippen LogP contribution in [0.5, 0.6) is 0 Å². The highest BCUT2D eigenvalue weighted by atomic mass is 16.6. The van der Waals surface area contributed by atoms with Crippen LogP contribution in [0.25, 0.3) is 0 Å². The van der Waals surface area contributed by atoms with E-state index in [1.54, 1.807) is 0 Å². The molecule has 2 N–H and O–H groups in total. The van der Waals surface area contributed by atoms with Gasteiger partial charge in [-0.15, -0.1) is 0 Å². The Labute approximate surface area is 73.6 Å². The lowest BCUT2D eigenvalue weighted by Crippen LogP contribution is -2.19. The van der Waals surface area contributed by atoms with Crippen LogP contribution in [0.4, 0.5) is 0 Å². The van der Waals surface area contributed by atoms with E-state index >= 15 is 0 Å². The summed E-state index contributed by atoms with van der Waals surface area (Å²) in [5.74, 6) is -2.29. The molecule has 2 rings (SSSR count). The molecule has 0 aromatic rings. The van der Waals surface area contributed by atoms with Crippen molar-refractivity contribution in [2.24, 2.45) is 0 Å². The Morgan fingerprint density at radius 2 is 1.46 bits per heavy atom. The van der Waals surface area contributed by atoms with Gasteiger partial charge in [-0.05, 0) is 0 Å². The third-order valence-electron chi connectivity index (χ3n) is 2.38. The first-order valence-electron chi connectivity index (χ1n) is 3.93. The second-order valence-corrected chi connectivity index (χ2v) is 3.19. The van der Waals surface area contributed by atoms with Gasteiger partial charge >= 0.3 is 11.9 Å². The van der Waals surface area contributed by atoms with Crippen LogP contribution in [0.2, 0.25) is 0 Å². The van der Waals surface area contributed by atoms with E-state index in [-0.39, 0.29) is 36.2 Å². The smallest absolute Gasteiger partial charge is 0.332 e. The zero-order valence-corrected chi connectivity index (χ0v) is 6.69. The van der Waals surface area contributed by atoms with Crippen LogP contribution in [0, 0.1) is 0 Å². The maximum atomic E-state index is 10.7. The van der Waals surface area contributed by atoms with E-state index in [1.807, 2.05) is 0 Å². The highest BCUT2D eigenvalue weighted by Crippen LogP contribution is 2.39. The van der Waals surface area contributed by atoms with Gasteiger partial charge in [0.15, 0.2) is 0 Å². The van der Waals surface area contributed by atoms with Gasteiger partial charge in [-0.3, -0.25) is 0 Å². The standard InChI is InChI=1S/C8H8O5/c9-7(10)3-1-5-6(13-5)2-4(3)8(11)12/h5-6H,1-2H2,(H,9,10)(H,11,12). The molecule has 1 saturated heterocycles. The van der Waals surface area contributed by atoms with Crippen molar-refractivity contribution in [2.75, 3.05) is 0 Å². The fourth-order valence-electron chi connectivity index (χ4n) is 1.62. The summed E-state index contributed by atoms with van der Waals surface area (Å²) in [6.45, 7) is 0. The van der Waals surface area contributed by atoms with E-state index in [0.29, 0.717) is 0 Å². The van der Waals surface area contributed by atoms with E-state index in [1.165, 1.54) is 0 Å². The predicted octanol–water partition coefficient (Wildman–Crippen LogP) is 0.0134. The molecule has 70 valence electrons. The Morgan fingerprint density at radius 1 is 1.08 bits per heavy atom. The van der Waals surface area contributed by atoms with Crippen LogP contribution in [0.1, 0.15) is 12.8 Å². The van der Waals surface area contributed by atoms with Gasteiger partial charge in [-0.2, -0.15) is 0 Å². The summed E-state index contributed by atoms with van der Waals surface area (Å²) < 4.78 is 5.07. The Morgan fingerprint density at radius 3 is 1.77 bits per heavy atom. The van der Waals surface area contributed by atoms with Crippen molar-refractivity contribution in [1.29, 1.82) is 0 Å². The first kappa shape index (κ1) is 8.25. The molecule has 1 aliphatic heterocycles. The van der Waals surface area contributed by atoms with Gasteiger partial charge in [0.25, 0.3) is 0 Å². The van der Waals surface area contributed by atoms with Gasteiger partial charge in [0.1, 0.15) is 0 Å². The number of ether oxygens (including phenoxy) is 1. The summed E-state index contributed by atoms with van der Waals surface area (Å²) in [6.07, 6.45) is 0.326. The number of epoxide rings is 1. The van der Waals surface area contributed by atoms with Crippen LogP contribution >= 0.6 is 0 Å². The summed E-state index contributed by atoms with van der Waals surface area (Å²) in [5.41, 5.74) is -0.0162. The SMILES string of the molecule is O=C(O)C1=C(C(=O)O)CC2OC2C1. The number of carbonyl (C=O) groups is 2. The number of fused-ring (bicyclic) bond motifs is 1. The van der Waals surface area contributed by atoms with Gasteiger partial charge in [0, 0.05) is 12.8 Å². The Balaban J connectivity index is 2.32. The van der Waals surface area contributed by atoms with Crippen LogP contribution in [0.3, 0.4) is 0 Å². The second-order valence-electron chi connectivity index (χ2n) is 3.19. The quantitative estimate of drug-likeness (QED) is 0.590. The van der Waals surface area contributed by atoms with Crippen molar-refractivity contribution in [3.63, 3.8) is 0 Å². The normalized spacial score (nSPS) is 31.1. The molecule has 13 heavy (non-hydrogen) atoms. The summed E-state index contributed by atoms with van der Waals surface area (Å²) in [5, 5.41) is 17.4. The molecular weight excluding hydrogens is 176 g/mol. The first-order chi connectivity index (χ1) is 6.09. The lowest BCUT2D eigenvalue weighted by Gasteiger charge is -2.10. The fraction of sp³-hybridized carbons (Fsp3) is 0.500. The molecule has 1 fully saturated rings. The molecule has 0 radical (unpaired) electrons. The maximum Gasteiger partial charge on any atom is 0.332 e. The molecule has 2 unspecified atom stereocenters. The van der Waals surface area contributed by atoms with Crippen LogP contribution in [-0.2, 0) is 14.3 Å². The number of hydrogen-bond donors (Lipinski definition) is 2. The first-order valence-corrected chi connectivity index (χ1v) is 3.93. The molecule has 0 bridgehead atoms. The van der Waals surface area contributed by atoms with Gasteiger partial charge in [0.05, 0.1) is 23.4 Å². The molecule has 0 amide bonds. The summed E-state index contributed by atoms with van der Waals surface area (Å²) in [4.78, 5) is 21.3. The summed E-state index contributed by atoms with van der Waals surface area (Å²) >= 11 is 0. The monoisotopic (exact) mass is 184 g/mol. The Hall–Kier alpha value is -1.36. The molecular formula is C8H8O5. The van der Waals surface area contributed by atoms with Crippen LogP contribution in [0.15, 0.2) is 11.1 Å². The van der Waals surface area contributed by atoms with Crippen molar-refractivity contribution in [3.05, 3.63) is 11.1 Å². The maximum absolute atomic E-state index is 10.7. The molecule has 5 nitrogen and oxygen atoms in total. The molecule has 1 aliphatic carbocycles. The Bertz CT molecular complexity index is 286. The fourth-order valence-corrected chi connectivity index (χ4v) is 1.62. The minimum atomic E-state index is -1.15. The second kappa shape index (κ2) is 2.56. The average Bonchev–Trinajstić information content (AvgIpc) is 2.78. The highest BCUT2D eigenvalue weighted by molar-refractivity contribution is 5.99. The number of hydrogen-bond acceptors (Lipinski definition) is 3. The van der Waals surface area contributed by atoms with Crippen LogP contribution in [-0.4, -0.2) is 34.4 Å². The largest absolute Gasteiger partial charge is 0.478 e. The molecule has 0 aromatic heterocycles. The predicted molar refractivity (Wildman–Crippen MR) is 40.2 cm³/mol. The van der Waals surface area contributed by atoms with Gasteiger partial charge < -0.3 is 14.9 Å². The zero-order chi connectivity index (χ0) is 9.59. The minimum Gasteiger partial charge on any atom is -0.478 e. The van der Waals surface area contributed by atoms with Gasteiger partial charge in [0.2, 0.25) is 0 Å².